The Morgan fingerprint density at radius 3 is 2.73 bits per heavy atom. The normalized spacial score (nSPS) is 25.9. The Balaban J connectivity index is 1.72. The number of nitrogens with zero attached hydrogens (tertiary/aromatic N) is 1. The summed E-state index contributed by atoms with van der Waals surface area (Å²) in [5, 5.41) is 9.82. The van der Waals surface area contributed by atoms with Crippen LogP contribution in [0.1, 0.15) is 29.0 Å². The molecule has 0 bridgehead atoms. The van der Waals surface area contributed by atoms with Crippen molar-refractivity contribution in [1.29, 1.82) is 0 Å². The fourth-order valence-electron chi connectivity index (χ4n) is 3.88. The number of hydrogen-bond donors (Lipinski definition) is 1. The molecule has 1 heterocycles. The molecule has 0 aromatic heterocycles. The Hall–Kier alpha value is -2.29. The molecule has 1 fully saturated rings. The molecular formula is C19H19NO2. The molecule has 2 unspecified atom stereocenters. The van der Waals surface area contributed by atoms with E-state index in [9.17, 15) is 9.90 Å². The molecule has 2 aliphatic rings. The van der Waals surface area contributed by atoms with Crippen LogP contribution in [-0.4, -0.2) is 24.7 Å². The van der Waals surface area contributed by atoms with Crippen molar-refractivity contribution < 1.29 is 9.90 Å². The van der Waals surface area contributed by atoms with Crippen LogP contribution >= 0.6 is 0 Å². The minimum Gasteiger partial charge on any atom is -0.481 e. The molecule has 1 aliphatic heterocycles. The number of aliphatic carboxylic acids is 1. The first-order valence-corrected chi connectivity index (χ1v) is 7.76. The zero-order valence-electron chi connectivity index (χ0n) is 12.6. The number of hydrogen-bond acceptors (Lipinski definition) is 2. The Morgan fingerprint density at radius 2 is 2.00 bits per heavy atom. The molecule has 2 atom stereocenters. The number of benzene rings is 2. The van der Waals surface area contributed by atoms with Crippen LogP contribution in [0.15, 0.2) is 48.5 Å². The molecular weight excluding hydrogens is 274 g/mol. The number of fused-ring (bicyclic) bond motifs is 1. The van der Waals surface area contributed by atoms with E-state index in [2.05, 4.69) is 30.1 Å². The van der Waals surface area contributed by atoms with E-state index in [1.807, 2.05) is 30.3 Å². The van der Waals surface area contributed by atoms with Crippen LogP contribution in [-0.2, 0) is 16.6 Å². The van der Waals surface area contributed by atoms with E-state index in [0.717, 1.165) is 18.5 Å². The number of rotatable bonds is 3. The van der Waals surface area contributed by atoms with Crippen LogP contribution < -0.4 is 4.90 Å². The van der Waals surface area contributed by atoms with Crippen molar-refractivity contribution in [3.05, 3.63) is 65.2 Å². The van der Waals surface area contributed by atoms with Gasteiger partial charge >= 0.3 is 5.97 Å². The summed E-state index contributed by atoms with van der Waals surface area (Å²) in [7, 11) is 2.11. The van der Waals surface area contributed by atoms with Gasteiger partial charge in [0.25, 0.3) is 0 Å². The van der Waals surface area contributed by atoms with Crippen molar-refractivity contribution in [3.63, 3.8) is 0 Å². The average molecular weight is 293 g/mol. The van der Waals surface area contributed by atoms with Crippen LogP contribution in [0, 0.1) is 0 Å². The predicted octanol–water partition coefficient (Wildman–Crippen LogP) is 3.19. The van der Waals surface area contributed by atoms with Crippen LogP contribution in [0.25, 0.3) is 0 Å². The smallest absolute Gasteiger partial charge is 0.314 e. The van der Waals surface area contributed by atoms with Gasteiger partial charge in [-0.15, -0.1) is 0 Å². The molecule has 2 aromatic carbocycles. The van der Waals surface area contributed by atoms with E-state index in [0.29, 0.717) is 6.42 Å². The van der Waals surface area contributed by atoms with Gasteiger partial charge in [0.1, 0.15) is 5.41 Å². The maximum absolute atomic E-state index is 11.9. The summed E-state index contributed by atoms with van der Waals surface area (Å²) in [4.78, 5) is 14.2. The molecule has 22 heavy (non-hydrogen) atoms. The highest BCUT2D eigenvalue weighted by atomic mass is 16.4. The Kier molecular flexibility index (Phi) is 2.80. The Bertz CT molecular complexity index is 740. The molecule has 4 rings (SSSR count). The highest BCUT2D eigenvalue weighted by molar-refractivity contribution is 5.88. The van der Waals surface area contributed by atoms with Gasteiger partial charge < -0.3 is 10.0 Å². The molecule has 3 heteroatoms. The summed E-state index contributed by atoms with van der Waals surface area (Å²) >= 11 is 0. The second-order valence-electron chi connectivity index (χ2n) is 6.46. The summed E-state index contributed by atoms with van der Waals surface area (Å²) in [5.74, 6) is -0.620. The standard InChI is InChI=1S/C19H19NO2/c1-20-10-9-14-11-13(7-8-17(14)20)16-12-19(16,18(21)22)15-5-3-2-4-6-15/h2-8,11,16H,9-10,12H2,1H3,(H,21,22). The summed E-state index contributed by atoms with van der Waals surface area (Å²) in [6.07, 6.45) is 1.75. The zero-order chi connectivity index (χ0) is 15.3. The molecule has 1 aliphatic carbocycles. The van der Waals surface area contributed by atoms with E-state index in [1.54, 1.807) is 0 Å². The van der Waals surface area contributed by atoms with Gasteiger partial charge in [0.15, 0.2) is 0 Å². The van der Waals surface area contributed by atoms with Gasteiger partial charge in [-0.2, -0.15) is 0 Å². The molecule has 112 valence electrons. The van der Waals surface area contributed by atoms with Gasteiger partial charge in [-0.3, -0.25) is 4.79 Å². The lowest BCUT2D eigenvalue weighted by molar-refractivity contribution is -0.140. The fourth-order valence-corrected chi connectivity index (χ4v) is 3.88. The molecule has 2 aromatic rings. The van der Waals surface area contributed by atoms with Gasteiger partial charge in [0.05, 0.1) is 0 Å². The molecule has 0 amide bonds. The van der Waals surface area contributed by atoms with E-state index >= 15 is 0 Å². The molecule has 0 spiro atoms. The van der Waals surface area contributed by atoms with Crippen molar-refractivity contribution >= 4 is 11.7 Å². The van der Waals surface area contributed by atoms with Gasteiger partial charge in [-0.05, 0) is 35.6 Å². The number of carbonyl (C=O) groups is 1. The van der Waals surface area contributed by atoms with Crippen LogP contribution in [0.2, 0.25) is 0 Å². The van der Waals surface area contributed by atoms with Crippen LogP contribution in [0.3, 0.4) is 0 Å². The van der Waals surface area contributed by atoms with Gasteiger partial charge in [0, 0.05) is 25.2 Å². The minimum atomic E-state index is -0.736. The van der Waals surface area contributed by atoms with Gasteiger partial charge in [-0.1, -0.05) is 42.5 Å². The van der Waals surface area contributed by atoms with Crippen LogP contribution in [0.5, 0.6) is 0 Å². The van der Waals surface area contributed by atoms with E-state index in [1.165, 1.54) is 16.8 Å². The lowest BCUT2D eigenvalue weighted by atomic mass is 9.90. The molecule has 1 saturated carbocycles. The lowest BCUT2D eigenvalue weighted by Crippen LogP contribution is -2.22. The summed E-state index contributed by atoms with van der Waals surface area (Å²) in [5.41, 5.74) is 3.98. The monoisotopic (exact) mass is 293 g/mol. The Labute approximate surface area is 130 Å². The minimum absolute atomic E-state index is 0.0867. The van der Waals surface area contributed by atoms with Crippen molar-refractivity contribution in [2.24, 2.45) is 0 Å². The van der Waals surface area contributed by atoms with Gasteiger partial charge in [-0.25, -0.2) is 0 Å². The predicted molar refractivity (Wildman–Crippen MR) is 86.5 cm³/mol. The quantitative estimate of drug-likeness (QED) is 0.945. The number of likely N-dealkylation sites (N-methyl/N-ethyl adjacent to an activating group) is 1. The zero-order valence-corrected chi connectivity index (χ0v) is 12.6. The molecule has 0 saturated heterocycles. The summed E-state index contributed by atoms with van der Waals surface area (Å²) in [6, 6.07) is 16.1. The average Bonchev–Trinajstić information content (AvgIpc) is 3.21. The lowest BCUT2D eigenvalue weighted by Gasteiger charge is -2.15. The van der Waals surface area contributed by atoms with Crippen LogP contribution in [0.4, 0.5) is 5.69 Å². The highest BCUT2D eigenvalue weighted by Crippen LogP contribution is 2.61. The number of carboxylic acids is 1. The number of anilines is 1. The third kappa shape index (κ3) is 1.78. The second kappa shape index (κ2) is 4.60. The third-order valence-electron chi connectivity index (χ3n) is 5.27. The maximum Gasteiger partial charge on any atom is 0.314 e. The first-order valence-electron chi connectivity index (χ1n) is 7.76. The first kappa shape index (κ1) is 13.4. The fraction of sp³-hybridized carbons (Fsp3) is 0.316. The topological polar surface area (TPSA) is 40.5 Å². The largest absolute Gasteiger partial charge is 0.481 e. The molecule has 1 N–H and O–H groups in total. The maximum atomic E-state index is 11.9. The van der Waals surface area contributed by atoms with Gasteiger partial charge in [0.2, 0.25) is 0 Å². The Morgan fingerprint density at radius 1 is 1.23 bits per heavy atom. The first-order chi connectivity index (χ1) is 10.6. The van der Waals surface area contributed by atoms with E-state index in [-0.39, 0.29) is 5.92 Å². The van der Waals surface area contributed by atoms with Crippen molar-refractivity contribution in [2.45, 2.75) is 24.2 Å². The van der Waals surface area contributed by atoms with E-state index < -0.39 is 11.4 Å². The summed E-state index contributed by atoms with van der Waals surface area (Å²) < 4.78 is 0. The molecule has 3 nitrogen and oxygen atoms in total. The second-order valence-corrected chi connectivity index (χ2v) is 6.46. The van der Waals surface area contributed by atoms with Crippen molar-refractivity contribution in [1.82, 2.24) is 0 Å². The summed E-state index contributed by atoms with van der Waals surface area (Å²) in [6.45, 7) is 1.05. The number of carboxylic acid groups (broad SMARTS) is 1. The highest BCUT2D eigenvalue weighted by Gasteiger charge is 2.62. The van der Waals surface area contributed by atoms with Crippen molar-refractivity contribution in [3.8, 4) is 0 Å². The third-order valence-corrected chi connectivity index (χ3v) is 5.27. The van der Waals surface area contributed by atoms with E-state index in [4.69, 9.17) is 0 Å². The van der Waals surface area contributed by atoms with Crippen molar-refractivity contribution in [2.75, 3.05) is 18.5 Å². The molecule has 0 radical (unpaired) electrons. The SMILES string of the molecule is CN1CCc2cc(C3CC3(C(=O)O)c3ccccc3)ccc21.